The number of rotatable bonds is 5. The Balaban J connectivity index is 0.00000243. The van der Waals surface area contributed by atoms with Crippen molar-refractivity contribution >= 4 is 52.9 Å². The molecule has 1 aromatic heterocycles. The van der Waals surface area contributed by atoms with Gasteiger partial charge >= 0.3 is 0 Å². The minimum atomic E-state index is 0. The van der Waals surface area contributed by atoms with Crippen LogP contribution in [0.1, 0.15) is 10.6 Å². The maximum absolute atomic E-state index is 5.90. The maximum Gasteiger partial charge on any atom is 0.191 e. The van der Waals surface area contributed by atoms with Gasteiger partial charge in [-0.2, -0.15) is 0 Å². The highest BCUT2D eigenvalue weighted by atomic mass is 127. The molecule has 2 aromatic carbocycles. The molecule has 1 heterocycles. The molecule has 0 amide bonds. The summed E-state index contributed by atoms with van der Waals surface area (Å²) in [7, 11) is 1.76. The van der Waals surface area contributed by atoms with Gasteiger partial charge in [-0.3, -0.25) is 4.99 Å². The lowest BCUT2D eigenvalue weighted by atomic mass is 10.2. The number of aromatic nitrogens is 1. The van der Waals surface area contributed by atoms with E-state index in [-0.39, 0.29) is 24.0 Å². The molecule has 136 valence electrons. The summed E-state index contributed by atoms with van der Waals surface area (Å²) in [5.74, 6) is 0.742. The Bertz CT molecular complexity index is 834. The van der Waals surface area contributed by atoms with Crippen LogP contribution < -0.4 is 10.6 Å². The molecule has 3 rings (SSSR count). The number of hydrogen-bond donors (Lipinski definition) is 2. The van der Waals surface area contributed by atoms with Crippen molar-refractivity contribution in [3.05, 3.63) is 75.6 Å². The molecule has 0 atom stereocenters. The zero-order valence-corrected chi connectivity index (χ0v) is 18.2. The summed E-state index contributed by atoms with van der Waals surface area (Å²) in [4.78, 5) is 8.92. The van der Waals surface area contributed by atoms with E-state index in [9.17, 15) is 0 Å². The molecule has 0 radical (unpaired) electrons. The van der Waals surface area contributed by atoms with E-state index in [0.29, 0.717) is 13.1 Å². The smallest absolute Gasteiger partial charge is 0.191 e. The van der Waals surface area contributed by atoms with E-state index in [1.807, 2.05) is 42.5 Å². The molecular weight excluding hydrogens is 479 g/mol. The van der Waals surface area contributed by atoms with E-state index in [2.05, 4.69) is 38.1 Å². The number of thiazole rings is 1. The van der Waals surface area contributed by atoms with Gasteiger partial charge in [-0.1, -0.05) is 54.1 Å². The third kappa shape index (κ3) is 5.96. The summed E-state index contributed by atoms with van der Waals surface area (Å²) in [5, 5.41) is 10.4. The summed E-state index contributed by atoms with van der Waals surface area (Å²) in [6.07, 6.45) is 0. The molecule has 0 bridgehead atoms. The van der Waals surface area contributed by atoms with Gasteiger partial charge in [0.1, 0.15) is 5.01 Å². The zero-order valence-electron chi connectivity index (χ0n) is 14.3. The molecule has 0 saturated heterocycles. The number of hydrogen-bond acceptors (Lipinski definition) is 3. The summed E-state index contributed by atoms with van der Waals surface area (Å²) >= 11 is 7.55. The lowest BCUT2D eigenvalue weighted by molar-refractivity contribution is 0.805. The molecule has 0 spiro atoms. The number of benzene rings is 2. The van der Waals surface area contributed by atoms with Crippen LogP contribution >= 0.6 is 46.9 Å². The molecular formula is C19H20ClIN4S. The highest BCUT2D eigenvalue weighted by molar-refractivity contribution is 14.0. The van der Waals surface area contributed by atoms with Crippen molar-refractivity contribution in [2.45, 2.75) is 13.1 Å². The van der Waals surface area contributed by atoms with Gasteiger partial charge in [0.25, 0.3) is 0 Å². The molecule has 0 aliphatic heterocycles. The molecule has 0 saturated carbocycles. The first-order chi connectivity index (χ1) is 12.2. The second kappa shape index (κ2) is 10.5. The summed E-state index contributed by atoms with van der Waals surface area (Å²) in [6.45, 7) is 1.32. The third-order valence-corrected chi connectivity index (χ3v) is 4.73. The van der Waals surface area contributed by atoms with Gasteiger partial charge in [0.05, 0.1) is 12.2 Å². The fourth-order valence-electron chi connectivity index (χ4n) is 2.30. The van der Waals surface area contributed by atoms with Crippen LogP contribution in [0.3, 0.4) is 0 Å². The maximum atomic E-state index is 5.90. The van der Waals surface area contributed by atoms with Gasteiger partial charge in [-0.25, -0.2) is 4.98 Å². The van der Waals surface area contributed by atoms with Crippen LogP contribution in [0.25, 0.3) is 11.3 Å². The van der Waals surface area contributed by atoms with Crippen LogP contribution in [-0.2, 0) is 13.1 Å². The van der Waals surface area contributed by atoms with Crippen molar-refractivity contribution in [1.29, 1.82) is 0 Å². The van der Waals surface area contributed by atoms with Crippen LogP contribution in [0, 0.1) is 0 Å². The largest absolute Gasteiger partial charge is 0.352 e. The Kier molecular flexibility index (Phi) is 8.34. The number of guanidine groups is 1. The van der Waals surface area contributed by atoms with E-state index in [4.69, 9.17) is 11.6 Å². The standard InChI is InChI=1S/C19H19ClN4S.HI/c1-21-19(22-11-14-7-9-16(20)10-8-14)23-12-18-24-17(13-25-18)15-5-3-2-4-6-15;/h2-10,13H,11-12H2,1H3,(H2,21,22,23);1H. The predicted molar refractivity (Wildman–Crippen MR) is 121 cm³/mol. The monoisotopic (exact) mass is 498 g/mol. The Hall–Kier alpha value is -1.64. The number of aliphatic imine (C=N–C) groups is 1. The average Bonchev–Trinajstić information content (AvgIpc) is 3.13. The van der Waals surface area contributed by atoms with Crippen molar-refractivity contribution in [2.24, 2.45) is 4.99 Å². The fraction of sp³-hybridized carbons (Fsp3) is 0.158. The molecule has 2 N–H and O–H groups in total. The van der Waals surface area contributed by atoms with Gasteiger partial charge in [0.2, 0.25) is 0 Å². The summed E-state index contributed by atoms with van der Waals surface area (Å²) in [5.41, 5.74) is 3.29. The normalized spacial score (nSPS) is 10.9. The SMILES string of the molecule is CN=C(NCc1ccc(Cl)cc1)NCc1nc(-c2ccccc2)cs1.I. The van der Waals surface area contributed by atoms with Gasteiger partial charge < -0.3 is 10.6 Å². The summed E-state index contributed by atoms with van der Waals surface area (Å²) < 4.78 is 0. The van der Waals surface area contributed by atoms with Crippen molar-refractivity contribution in [1.82, 2.24) is 15.6 Å². The fourth-order valence-corrected chi connectivity index (χ4v) is 3.17. The van der Waals surface area contributed by atoms with Crippen molar-refractivity contribution < 1.29 is 0 Å². The van der Waals surface area contributed by atoms with Crippen molar-refractivity contribution in [3.8, 4) is 11.3 Å². The third-order valence-electron chi connectivity index (χ3n) is 3.63. The number of nitrogens with zero attached hydrogens (tertiary/aromatic N) is 2. The first kappa shape index (κ1) is 20.7. The Morgan fingerprint density at radius 1 is 1.04 bits per heavy atom. The Morgan fingerprint density at radius 3 is 2.42 bits per heavy atom. The Labute approximate surface area is 179 Å². The molecule has 26 heavy (non-hydrogen) atoms. The van der Waals surface area contributed by atoms with Crippen molar-refractivity contribution in [3.63, 3.8) is 0 Å². The topological polar surface area (TPSA) is 49.3 Å². The number of halogens is 2. The second-order valence-corrected chi connectivity index (χ2v) is 6.78. The van der Waals surface area contributed by atoms with E-state index in [1.54, 1.807) is 18.4 Å². The van der Waals surface area contributed by atoms with E-state index in [0.717, 1.165) is 32.8 Å². The molecule has 0 fully saturated rings. The van der Waals surface area contributed by atoms with Gasteiger partial charge in [0, 0.05) is 29.6 Å². The summed E-state index contributed by atoms with van der Waals surface area (Å²) in [6, 6.07) is 18.0. The van der Waals surface area contributed by atoms with Crippen LogP contribution in [0.5, 0.6) is 0 Å². The van der Waals surface area contributed by atoms with Gasteiger partial charge in [-0.05, 0) is 17.7 Å². The molecule has 7 heteroatoms. The molecule has 4 nitrogen and oxygen atoms in total. The predicted octanol–water partition coefficient (Wildman–Crippen LogP) is 4.95. The minimum absolute atomic E-state index is 0. The van der Waals surface area contributed by atoms with Crippen LogP contribution in [-0.4, -0.2) is 18.0 Å². The first-order valence-corrected chi connectivity index (χ1v) is 9.19. The quantitative estimate of drug-likeness (QED) is 0.297. The highest BCUT2D eigenvalue weighted by Crippen LogP contribution is 2.21. The van der Waals surface area contributed by atoms with Gasteiger partial charge in [0.15, 0.2) is 5.96 Å². The Morgan fingerprint density at radius 2 is 1.73 bits per heavy atom. The molecule has 0 unspecified atom stereocenters. The number of nitrogens with one attached hydrogen (secondary N) is 2. The minimum Gasteiger partial charge on any atom is -0.352 e. The molecule has 0 aliphatic rings. The second-order valence-electron chi connectivity index (χ2n) is 5.40. The van der Waals surface area contributed by atoms with Crippen LogP contribution in [0.15, 0.2) is 65.0 Å². The van der Waals surface area contributed by atoms with E-state index in [1.165, 1.54) is 0 Å². The molecule has 0 aliphatic carbocycles. The highest BCUT2D eigenvalue weighted by Gasteiger charge is 2.05. The van der Waals surface area contributed by atoms with Crippen LogP contribution in [0.4, 0.5) is 0 Å². The first-order valence-electron chi connectivity index (χ1n) is 7.93. The van der Waals surface area contributed by atoms with Crippen molar-refractivity contribution in [2.75, 3.05) is 7.05 Å². The average molecular weight is 499 g/mol. The lowest BCUT2D eigenvalue weighted by Crippen LogP contribution is -2.36. The van der Waals surface area contributed by atoms with E-state index < -0.39 is 0 Å². The zero-order chi connectivity index (χ0) is 17.5. The molecule has 3 aromatic rings. The van der Waals surface area contributed by atoms with Crippen LogP contribution in [0.2, 0.25) is 5.02 Å². The van der Waals surface area contributed by atoms with Gasteiger partial charge in [-0.15, -0.1) is 35.3 Å². The lowest BCUT2D eigenvalue weighted by Gasteiger charge is -2.11. The van der Waals surface area contributed by atoms with E-state index >= 15 is 0 Å².